The van der Waals surface area contributed by atoms with Gasteiger partial charge in [-0.25, -0.2) is 0 Å². The quantitative estimate of drug-likeness (QED) is 0.816. The van der Waals surface area contributed by atoms with E-state index >= 15 is 0 Å². The fourth-order valence-electron chi connectivity index (χ4n) is 1.01. The molecule has 0 radical (unpaired) electrons. The van der Waals surface area contributed by atoms with E-state index in [1.807, 2.05) is 25.1 Å². The second-order valence-corrected chi connectivity index (χ2v) is 4.79. The van der Waals surface area contributed by atoms with Crippen LogP contribution in [0, 0.1) is 3.57 Å². The molecule has 0 fully saturated rings. The van der Waals surface area contributed by atoms with Crippen molar-refractivity contribution in [1.29, 1.82) is 0 Å². The Morgan fingerprint density at radius 2 is 2.29 bits per heavy atom. The molecule has 1 aromatic rings. The van der Waals surface area contributed by atoms with Crippen molar-refractivity contribution in [3.8, 4) is 0 Å². The lowest BCUT2D eigenvalue weighted by Crippen LogP contribution is -2.24. The van der Waals surface area contributed by atoms with Crippen LogP contribution in [0.25, 0.3) is 0 Å². The largest absolute Gasteiger partial charge is 0.352 e. The van der Waals surface area contributed by atoms with Gasteiger partial charge in [-0.05, 0) is 57.1 Å². The highest BCUT2D eigenvalue weighted by Crippen LogP contribution is 2.22. The number of hydrogen-bond donors (Lipinski definition) is 1. The van der Waals surface area contributed by atoms with E-state index in [1.165, 1.54) is 0 Å². The summed E-state index contributed by atoms with van der Waals surface area (Å²) in [6, 6.07) is 5.63. The van der Waals surface area contributed by atoms with Gasteiger partial charge in [0.05, 0.1) is 5.56 Å². The standard InChI is InChI=1S/C10H11BrINO/c1-2-6-13-10(14)7-4-3-5-8(11)9(7)12/h3-5H,2,6H2,1H3,(H,13,14). The fourth-order valence-corrected chi connectivity index (χ4v) is 1.98. The van der Waals surface area contributed by atoms with E-state index in [0.717, 1.165) is 26.6 Å². The summed E-state index contributed by atoms with van der Waals surface area (Å²) < 4.78 is 1.92. The molecule has 76 valence electrons. The number of amides is 1. The summed E-state index contributed by atoms with van der Waals surface area (Å²) in [5.74, 6) is -0.00227. The summed E-state index contributed by atoms with van der Waals surface area (Å²) in [6.07, 6.45) is 0.955. The maximum Gasteiger partial charge on any atom is 0.252 e. The monoisotopic (exact) mass is 367 g/mol. The van der Waals surface area contributed by atoms with Gasteiger partial charge in [-0.15, -0.1) is 0 Å². The van der Waals surface area contributed by atoms with Gasteiger partial charge in [0.2, 0.25) is 0 Å². The van der Waals surface area contributed by atoms with Gasteiger partial charge in [0.25, 0.3) is 5.91 Å². The Labute approximate surface area is 106 Å². The molecule has 0 aliphatic heterocycles. The topological polar surface area (TPSA) is 29.1 Å². The zero-order valence-corrected chi connectivity index (χ0v) is 11.6. The Hall–Kier alpha value is -0.100. The van der Waals surface area contributed by atoms with Crippen LogP contribution in [-0.4, -0.2) is 12.5 Å². The first-order chi connectivity index (χ1) is 6.66. The van der Waals surface area contributed by atoms with Crippen LogP contribution in [0.3, 0.4) is 0 Å². The molecular formula is C10H11BrINO. The lowest BCUT2D eigenvalue weighted by atomic mass is 10.2. The van der Waals surface area contributed by atoms with Crippen molar-refractivity contribution in [3.63, 3.8) is 0 Å². The molecule has 0 heterocycles. The summed E-state index contributed by atoms with van der Waals surface area (Å²) in [5, 5.41) is 2.85. The van der Waals surface area contributed by atoms with Crippen molar-refractivity contribution in [1.82, 2.24) is 5.32 Å². The zero-order chi connectivity index (χ0) is 10.6. The minimum Gasteiger partial charge on any atom is -0.352 e. The average Bonchev–Trinajstić information content (AvgIpc) is 2.18. The molecule has 0 saturated carbocycles. The van der Waals surface area contributed by atoms with Gasteiger partial charge < -0.3 is 5.32 Å². The summed E-state index contributed by atoms with van der Waals surface area (Å²) in [7, 11) is 0. The highest BCUT2D eigenvalue weighted by molar-refractivity contribution is 14.1. The fraction of sp³-hybridized carbons (Fsp3) is 0.300. The van der Waals surface area contributed by atoms with Crippen LogP contribution in [0.1, 0.15) is 23.7 Å². The van der Waals surface area contributed by atoms with Gasteiger partial charge in [0.15, 0.2) is 0 Å². The number of hydrogen-bond acceptors (Lipinski definition) is 1. The number of nitrogens with one attached hydrogen (secondary N) is 1. The summed E-state index contributed by atoms with van der Waals surface area (Å²) >= 11 is 5.56. The van der Waals surface area contributed by atoms with Crippen LogP contribution >= 0.6 is 38.5 Å². The molecular weight excluding hydrogens is 357 g/mol. The summed E-state index contributed by atoms with van der Waals surface area (Å²) in [5.41, 5.74) is 0.730. The van der Waals surface area contributed by atoms with Crippen molar-refractivity contribution >= 4 is 44.4 Å². The van der Waals surface area contributed by atoms with Gasteiger partial charge in [0.1, 0.15) is 0 Å². The Kier molecular flexibility index (Phi) is 4.88. The first-order valence-corrected chi connectivity index (χ1v) is 6.26. The number of carbonyl (C=O) groups is 1. The van der Waals surface area contributed by atoms with Crippen molar-refractivity contribution in [2.45, 2.75) is 13.3 Å². The van der Waals surface area contributed by atoms with Crippen LogP contribution in [0.5, 0.6) is 0 Å². The van der Waals surface area contributed by atoms with Gasteiger partial charge in [-0.1, -0.05) is 13.0 Å². The molecule has 0 atom stereocenters. The maximum atomic E-state index is 11.6. The summed E-state index contributed by atoms with van der Waals surface area (Å²) in [6.45, 7) is 2.76. The van der Waals surface area contributed by atoms with Crippen molar-refractivity contribution in [2.24, 2.45) is 0 Å². The van der Waals surface area contributed by atoms with Gasteiger partial charge in [-0.2, -0.15) is 0 Å². The van der Waals surface area contributed by atoms with Gasteiger partial charge >= 0.3 is 0 Å². The van der Waals surface area contributed by atoms with Crippen molar-refractivity contribution < 1.29 is 4.79 Å². The molecule has 0 aromatic heterocycles. The minimum atomic E-state index is -0.00227. The molecule has 1 N–H and O–H groups in total. The predicted octanol–water partition coefficient (Wildman–Crippen LogP) is 3.19. The molecule has 1 aromatic carbocycles. The molecule has 0 spiro atoms. The summed E-state index contributed by atoms with van der Waals surface area (Å²) in [4.78, 5) is 11.6. The first kappa shape index (κ1) is 12.0. The second kappa shape index (κ2) is 5.70. The Morgan fingerprint density at radius 3 is 2.93 bits per heavy atom. The molecule has 1 amide bonds. The third kappa shape index (κ3) is 2.95. The average molecular weight is 368 g/mol. The molecule has 1 rings (SSSR count). The van der Waals surface area contributed by atoms with E-state index in [4.69, 9.17) is 0 Å². The van der Waals surface area contributed by atoms with Crippen LogP contribution in [0.15, 0.2) is 22.7 Å². The molecule has 0 aliphatic rings. The number of benzene rings is 1. The number of carbonyl (C=O) groups excluding carboxylic acids is 1. The van der Waals surface area contributed by atoms with Crippen LogP contribution < -0.4 is 5.32 Å². The van der Waals surface area contributed by atoms with E-state index in [0.29, 0.717) is 0 Å². The molecule has 0 saturated heterocycles. The lowest BCUT2D eigenvalue weighted by molar-refractivity contribution is 0.0952. The SMILES string of the molecule is CCCNC(=O)c1cccc(Br)c1I. The minimum absolute atomic E-state index is 0.00227. The van der Waals surface area contributed by atoms with E-state index in [-0.39, 0.29) is 5.91 Å². The van der Waals surface area contributed by atoms with E-state index in [1.54, 1.807) is 0 Å². The molecule has 4 heteroatoms. The molecule has 14 heavy (non-hydrogen) atoms. The van der Waals surface area contributed by atoms with E-state index < -0.39 is 0 Å². The smallest absolute Gasteiger partial charge is 0.252 e. The van der Waals surface area contributed by atoms with Crippen LogP contribution in [0.2, 0.25) is 0 Å². The third-order valence-corrected chi connectivity index (χ3v) is 4.30. The van der Waals surface area contributed by atoms with E-state index in [9.17, 15) is 4.79 Å². The molecule has 0 aliphatic carbocycles. The Morgan fingerprint density at radius 1 is 1.57 bits per heavy atom. The van der Waals surface area contributed by atoms with Gasteiger partial charge in [-0.3, -0.25) is 4.79 Å². The zero-order valence-electron chi connectivity index (χ0n) is 7.81. The first-order valence-electron chi connectivity index (χ1n) is 4.39. The molecule has 0 bridgehead atoms. The predicted molar refractivity (Wildman–Crippen MR) is 69.5 cm³/mol. The maximum absolute atomic E-state index is 11.6. The van der Waals surface area contributed by atoms with Crippen LogP contribution in [-0.2, 0) is 0 Å². The Balaban J connectivity index is 2.84. The molecule has 2 nitrogen and oxygen atoms in total. The molecule has 0 unspecified atom stereocenters. The normalized spacial score (nSPS) is 9.93. The van der Waals surface area contributed by atoms with Crippen molar-refractivity contribution in [2.75, 3.05) is 6.54 Å². The second-order valence-electron chi connectivity index (χ2n) is 2.86. The van der Waals surface area contributed by atoms with Gasteiger partial charge in [0, 0.05) is 14.6 Å². The Bertz CT molecular complexity index is 341. The van der Waals surface area contributed by atoms with Crippen LogP contribution in [0.4, 0.5) is 0 Å². The third-order valence-electron chi connectivity index (χ3n) is 1.73. The van der Waals surface area contributed by atoms with E-state index in [2.05, 4.69) is 43.8 Å². The highest BCUT2D eigenvalue weighted by Gasteiger charge is 2.10. The highest BCUT2D eigenvalue weighted by atomic mass is 127. The number of rotatable bonds is 3. The number of halogens is 2. The lowest BCUT2D eigenvalue weighted by Gasteiger charge is -2.06. The van der Waals surface area contributed by atoms with Crippen molar-refractivity contribution in [3.05, 3.63) is 31.8 Å².